The van der Waals surface area contributed by atoms with Crippen LogP contribution >= 0.6 is 11.8 Å². The van der Waals surface area contributed by atoms with E-state index in [1.807, 2.05) is 6.92 Å². The molecule has 1 rings (SSSR count). The highest BCUT2D eigenvalue weighted by Gasteiger charge is 2.39. The molecule has 1 saturated heterocycles. The van der Waals surface area contributed by atoms with E-state index in [9.17, 15) is 16.8 Å². The van der Waals surface area contributed by atoms with Gasteiger partial charge in [0.05, 0.1) is 5.75 Å². The molecule has 6 nitrogen and oxygen atoms in total. The third-order valence-corrected chi connectivity index (χ3v) is 8.29. The van der Waals surface area contributed by atoms with E-state index >= 15 is 0 Å². The Balaban J connectivity index is 2.88. The lowest BCUT2D eigenvalue weighted by Crippen LogP contribution is -2.52. The summed E-state index contributed by atoms with van der Waals surface area (Å²) >= 11 is 1.49. The maximum absolute atomic E-state index is 12.2. The first-order valence-corrected chi connectivity index (χ1v) is 10.8. The molecule has 0 aromatic heterocycles. The van der Waals surface area contributed by atoms with Crippen molar-refractivity contribution in [1.29, 1.82) is 0 Å². The van der Waals surface area contributed by atoms with Crippen LogP contribution in [-0.4, -0.2) is 69.2 Å². The quantitative estimate of drug-likeness (QED) is 0.647. The van der Waals surface area contributed by atoms with Gasteiger partial charge in [-0.05, 0) is 6.54 Å². The van der Waals surface area contributed by atoms with Gasteiger partial charge in [0.1, 0.15) is 5.37 Å². The fourth-order valence-electron chi connectivity index (χ4n) is 1.85. The van der Waals surface area contributed by atoms with Crippen LogP contribution in [0.25, 0.3) is 0 Å². The van der Waals surface area contributed by atoms with Gasteiger partial charge in [-0.2, -0.15) is 16.1 Å². The van der Waals surface area contributed by atoms with Crippen molar-refractivity contribution in [2.24, 2.45) is 0 Å². The maximum atomic E-state index is 12.2. The molecule has 0 aromatic rings. The van der Waals surface area contributed by atoms with Crippen LogP contribution in [0.4, 0.5) is 0 Å². The lowest BCUT2D eigenvalue weighted by Gasteiger charge is -2.33. The molecule has 0 saturated carbocycles. The molecule has 1 unspecified atom stereocenters. The Bertz CT molecular complexity index is 475. The van der Waals surface area contributed by atoms with Crippen LogP contribution in [0.5, 0.6) is 0 Å². The Kier molecular flexibility index (Phi) is 6.58. The van der Waals surface area contributed by atoms with E-state index in [0.717, 1.165) is 0 Å². The number of nitrogens with one attached hydrogen (secondary N) is 1. The Hall–Kier alpha value is 0.170. The monoisotopic (exact) mass is 330 g/mol. The topological polar surface area (TPSA) is 83.6 Å². The second kappa shape index (κ2) is 7.26. The van der Waals surface area contributed by atoms with E-state index < -0.39 is 25.2 Å². The SMILES string of the molecule is CCNCCS(=O)(=O)N1CCSCC1S(=O)(=O)CC. The van der Waals surface area contributed by atoms with Gasteiger partial charge in [-0.3, -0.25) is 0 Å². The fourth-order valence-corrected chi connectivity index (χ4v) is 7.13. The number of sulfonamides is 1. The first-order chi connectivity index (χ1) is 8.85. The lowest BCUT2D eigenvalue weighted by atomic mass is 10.6. The zero-order valence-electron chi connectivity index (χ0n) is 11.3. The summed E-state index contributed by atoms with van der Waals surface area (Å²) in [6, 6.07) is 0. The lowest BCUT2D eigenvalue weighted by molar-refractivity contribution is 0.403. The number of thioether (sulfide) groups is 1. The molecule has 9 heteroatoms. The van der Waals surface area contributed by atoms with Crippen molar-refractivity contribution in [1.82, 2.24) is 9.62 Å². The molecular weight excluding hydrogens is 308 g/mol. The van der Waals surface area contributed by atoms with E-state index in [0.29, 0.717) is 24.6 Å². The summed E-state index contributed by atoms with van der Waals surface area (Å²) in [5, 5.41) is 2.05. The predicted octanol–water partition coefficient (Wildman–Crippen LogP) is -0.265. The van der Waals surface area contributed by atoms with Gasteiger partial charge in [0.25, 0.3) is 0 Å². The van der Waals surface area contributed by atoms with Crippen molar-refractivity contribution in [3.63, 3.8) is 0 Å². The number of nitrogens with zero attached hydrogens (tertiary/aromatic N) is 1. The minimum atomic E-state index is -3.52. The molecule has 1 N–H and O–H groups in total. The van der Waals surface area contributed by atoms with Gasteiger partial charge < -0.3 is 5.32 Å². The van der Waals surface area contributed by atoms with Crippen molar-refractivity contribution >= 4 is 31.6 Å². The van der Waals surface area contributed by atoms with E-state index in [2.05, 4.69) is 5.32 Å². The molecule has 0 amide bonds. The summed E-state index contributed by atoms with van der Waals surface area (Å²) in [5.41, 5.74) is 0. The second-order valence-corrected chi connectivity index (χ2v) is 9.90. The number of sulfone groups is 1. The van der Waals surface area contributed by atoms with Gasteiger partial charge in [-0.15, -0.1) is 0 Å². The summed E-state index contributed by atoms with van der Waals surface area (Å²) in [7, 11) is -6.90. The number of hydrogen-bond donors (Lipinski definition) is 1. The van der Waals surface area contributed by atoms with Gasteiger partial charge in [-0.25, -0.2) is 16.8 Å². The molecule has 1 aliphatic heterocycles. The van der Waals surface area contributed by atoms with Crippen LogP contribution < -0.4 is 5.32 Å². The largest absolute Gasteiger partial charge is 0.316 e. The van der Waals surface area contributed by atoms with Crippen molar-refractivity contribution in [2.45, 2.75) is 19.2 Å². The molecule has 0 aliphatic carbocycles. The smallest absolute Gasteiger partial charge is 0.216 e. The molecule has 0 aromatic carbocycles. The van der Waals surface area contributed by atoms with Gasteiger partial charge in [0.15, 0.2) is 9.84 Å². The second-order valence-electron chi connectivity index (χ2n) is 4.26. The summed E-state index contributed by atoms with van der Waals surface area (Å²) in [6.45, 7) is 4.78. The highest BCUT2D eigenvalue weighted by molar-refractivity contribution is 8.01. The van der Waals surface area contributed by atoms with Gasteiger partial charge in [0.2, 0.25) is 10.0 Å². The van der Waals surface area contributed by atoms with Gasteiger partial charge in [-0.1, -0.05) is 13.8 Å². The van der Waals surface area contributed by atoms with Gasteiger partial charge >= 0.3 is 0 Å². The standard InChI is InChI=1S/C10H22N2O4S3/c1-3-11-5-8-19(15,16)12-6-7-17-9-10(12)18(13,14)4-2/h10-11H,3-9H2,1-2H3. The molecule has 0 radical (unpaired) electrons. The predicted molar refractivity (Wildman–Crippen MR) is 79.6 cm³/mol. The Morgan fingerprint density at radius 3 is 2.53 bits per heavy atom. The van der Waals surface area contributed by atoms with E-state index in [4.69, 9.17) is 0 Å². The van der Waals surface area contributed by atoms with Crippen molar-refractivity contribution in [2.75, 3.05) is 42.6 Å². The third-order valence-electron chi connectivity index (χ3n) is 3.00. The molecule has 1 fully saturated rings. The molecule has 1 heterocycles. The Morgan fingerprint density at radius 1 is 1.26 bits per heavy atom. The summed E-state index contributed by atoms with van der Waals surface area (Å²) in [4.78, 5) is 0. The normalized spacial score (nSPS) is 22.5. The van der Waals surface area contributed by atoms with Crippen LogP contribution in [0.3, 0.4) is 0 Å². The van der Waals surface area contributed by atoms with E-state index in [1.54, 1.807) is 6.92 Å². The van der Waals surface area contributed by atoms with Crippen LogP contribution in [0, 0.1) is 0 Å². The molecule has 19 heavy (non-hydrogen) atoms. The minimum absolute atomic E-state index is 0.0303. The summed E-state index contributed by atoms with van der Waals surface area (Å²) in [5.74, 6) is 0.894. The minimum Gasteiger partial charge on any atom is -0.316 e. The van der Waals surface area contributed by atoms with E-state index in [-0.39, 0.29) is 18.1 Å². The first kappa shape index (κ1) is 17.2. The zero-order valence-corrected chi connectivity index (χ0v) is 13.8. The average molecular weight is 330 g/mol. The highest BCUT2D eigenvalue weighted by Crippen LogP contribution is 2.24. The molecule has 114 valence electrons. The molecule has 1 atom stereocenters. The first-order valence-electron chi connectivity index (χ1n) is 6.34. The van der Waals surface area contributed by atoms with Crippen LogP contribution in [-0.2, 0) is 19.9 Å². The van der Waals surface area contributed by atoms with Crippen molar-refractivity contribution < 1.29 is 16.8 Å². The summed E-state index contributed by atoms with van der Waals surface area (Å²) < 4.78 is 49.7. The third kappa shape index (κ3) is 4.59. The Labute approximate surface area is 120 Å². The number of hydrogen-bond acceptors (Lipinski definition) is 6. The Morgan fingerprint density at radius 2 is 1.95 bits per heavy atom. The summed E-state index contributed by atoms with van der Waals surface area (Å²) in [6.07, 6.45) is 0. The van der Waals surface area contributed by atoms with Crippen molar-refractivity contribution in [3.8, 4) is 0 Å². The highest BCUT2D eigenvalue weighted by atomic mass is 32.2. The number of rotatable bonds is 7. The van der Waals surface area contributed by atoms with Crippen LogP contribution in [0.2, 0.25) is 0 Å². The van der Waals surface area contributed by atoms with Crippen LogP contribution in [0.1, 0.15) is 13.8 Å². The molecule has 0 bridgehead atoms. The zero-order chi connectivity index (χ0) is 14.5. The van der Waals surface area contributed by atoms with Gasteiger partial charge in [0, 0.05) is 30.3 Å². The fraction of sp³-hybridized carbons (Fsp3) is 1.00. The molecule has 1 aliphatic rings. The van der Waals surface area contributed by atoms with E-state index in [1.165, 1.54) is 16.1 Å². The average Bonchev–Trinajstić information content (AvgIpc) is 2.39. The maximum Gasteiger partial charge on any atom is 0.216 e. The van der Waals surface area contributed by atoms with Crippen LogP contribution in [0.15, 0.2) is 0 Å². The van der Waals surface area contributed by atoms with Crippen molar-refractivity contribution in [3.05, 3.63) is 0 Å². The molecule has 0 spiro atoms. The molecular formula is C10H22N2O4S3.